The van der Waals surface area contributed by atoms with Gasteiger partial charge in [0.15, 0.2) is 5.82 Å². The third-order valence-corrected chi connectivity index (χ3v) is 4.36. The second kappa shape index (κ2) is 4.97. The molecule has 6 nitrogen and oxygen atoms in total. The van der Waals surface area contributed by atoms with Crippen LogP contribution in [0.4, 0.5) is 5.82 Å². The smallest absolute Gasteiger partial charge is 0.247 e. The molecule has 1 aliphatic carbocycles. The van der Waals surface area contributed by atoms with Gasteiger partial charge in [-0.15, -0.1) is 0 Å². The van der Waals surface area contributed by atoms with E-state index < -0.39 is 9.84 Å². The summed E-state index contributed by atoms with van der Waals surface area (Å²) in [6.45, 7) is 0. The molecule has 0 spiro atoms. The Morgan fingerprint density at radius 2 is 2.00 bits per heavy atom. The molecule has 0 radical (unpaired) electrons. The van der Waals surface area contributed by atoms with E-state index in [1.54, 1.807) is 12.3 Å². The summed E-state index contributed by atoms with van der Waals surface area (Å²) in [5.74, 6) is 0.640. The topological polar surface area (TPSA) is 84.8 Å². The largest absolute Gasteiger partial charge is 0.366 e. The number of rotatable bonds is 3. The zero-order valence-corrected chi connectivity index (χ0v) is 12.0. The third kappa shape index (κ3) is 2.58. The van der Waals surface area contributed by atoms with Crippen molar-refractivity contribution in [2.24, 2.45) is 0 Å². The first-order valence-electron chi connectivity index (χ1n) is 6.62. The Morgan fingerprint density at radius 1 is 1.25 bits per heavy atom. The van der Waals surface area contributed by atoms with Gasteiger partial charge < -0.3 is 5.32 Å². The van der Waals surface area contributed by atoms with Gasteiger partial charge in [0.05, 0.1) is 0 Å². The lowest BCUT2D eigenvalue weighted by Crippen LogP contribution is -2.16. The SMILES string of the molecule is CS(=O)(=O)c1ncc2ccnc(NC3CCCC3)c2n1. The molecule has 1 N–H and O–H groups in total. The van der Waals surface area contributed by atoms with Gasteiger partial charge >= 0.3 is 0 Å². The summed E-state index contributed by atoms with van der Waals surface area (Å²) < 4.78 is 23.1. The van der Waals surface area contributed by atoms with Crippen molar-refractivity contribution in [3.63, 3.8) is 0 Å². The monoisotopic (exact) mass is 292 g/mol. The van der Waals surface area contributed by atoms with Gasteiger partial charge in [0.1, 0.15) is 5.52 Å². The van der Waals surface area contributed by atoms with Gasteiger partial charge in [-0.2, -0.15) is 0 Å². The maximum Gasteiger partial charge on any atom is 0.247 e. The highest BCUT2D eigenvalue weighted by Crippen LogP contribution is 2.25. The van der Waals surface area contributed by atoms with E-state index in [4.69, 9.17) is 0 Å². The van der Waals surface area contributed by atoms with Crippen LogP contribution in [-0.2, 0) is 9.84 Å². The molecule has 0 bridgehead atoms. The molecule has 7 heteroatoms. The van der Waals surface area contributed by atoms with Crippen LogP contribution in [0.25, 0.3) is 10.9 Å². The standard InChI is InChI=1S/C13H16N4O2S/c1-20(18,19)13-15-8-9-6-7-14-12(11(9)17-13)16-10-4-2-3-5-10/h6-8,10H,2-5H2,1H3,(H,14,16). The van der Waals surface area contributed by atoms with Crippen LogP contribution in [0.1, 0.15) is 25.7 Å². The second-order valence-electron chi connectivity index (χ2n) is 5.15. The van der Waals surface area contributed by atoms with Crippen molar-refractivity contribution in [2.75, 3.05) is 11.6 Å². The van der Waals surface area contributed by atoms with E-state index in [0.29, 0.717) is 17.4 Å². The minimum absolute atomic E-state index is 0.160. The van der Waals surface area contributed by atoms with E-state index in [0.717, 1.165) is 24.5 Å². The van der Waals surface area contributed by atoms with Crippen molar-refractivity contribution in [1.29, 1.82) is 0 Å². The summed E-state index contributed by atoms with van der Waals surface area (Å²) in [6.07, 6.45) is 8.97. The molecule has 106 valence electrons. The number of nitrogens with one attached hydrogen (secondary N) is 1. The minimum atomic E-state index is -3.42. The number of nitrogens with zero attached hydrogens (tertiary/aromatic N) is 3. The Hall–Kier alpha value is -1.76. The summed E-state index contributed by atoms with van der Waals surface area (Å²) in [5.41, 5.74) is 0.565. The van der Waals surface area contributed by atoms with Crippen LogP contribution in [0, 0.1) is 0 Å². The van der Waals surface area contributed by atoms with Gasteiger partial charge in [0.2, 0.25) is 15.0 Å². The quantitative estimate of drug-likeness (QED) is 0.868. The summed E-state index contributed by atoms with van der Waals surface area (Å²) >= 11 is 0. The molecular formula is C13H16N4O2S. The first kappa shape index (κ1) is 13.2. The maximum atomic E-state index is 11.6. The molecular weight excluding hydrogens is 276 g/mol. The number of anilines is 1. The lowest BCUT2D eigenvalue weighted by Gasteiger charge is -2.13. The van der Waals surface area contributed by atoms with Crippen LogP contribution >= 0.6 is 0 Å². The Morgan fingerprint density at radius 3 is 2.70 bits per heavy atom. The van der Waals surface area contributed by atoms with Crippen LogP contribution < -0.4 is 5.32 Å². The molecule has 1 aliphatic rings. The van der Waals surface area contributed by atoms with Gasteiger partial charge in [0.25, 0.3) is 0 Å². The fourth-order valence-electron chi connectivity index (χ4n) is 2.49. The number of sulfone groups is 1. The Labute approximate surface area is 117 Å². The molecule has 2 aromatic rings. The first-order valence-corrected chi connectivity index (χ1v) is 8.51. The van der Waals surface area contributed by atoms with Gasteiger partial charge in [0, 0.05) is 30.1 Å². The van der Waals surface area contributed by atoms with Gasteiger partial charge in [-0.3, -0.25) is 0 Å². The fourth-order valence-corrected chi connectivity index (χ4v) is 2.99. The van der Waals surface area contributed by atoms with Crippen molar-refractivity contribution in [2.45, 2.75) is 36.9 Å². The van der Waals surface area contributed by atoms with Crippen molar-refractivity contribution in [3.8, 4) is 0 Å². The summed E-state index contributed by atoms with van der Waals surface area (Å²) in [7, 11) is -3.42. The summed E-state index contributed by atoms with van der Waals surface area (Å²) in [4.78, 5) is 12.4. The molecule has 2 heterocycles. The molecule has 1 fully saturated rings. The van der Waals surface area contributed by atoms with Crippen LogP contribution in [0.5, 0.6) is 0 Å². The molecule has 0 aromatic carbocycles. The molecule has 20 heavy (non-hydrogen) atoms. The molecule has 0 aliphatic heterocycles. The maximum absolute atomic E-state index is 11.6. The van der Waals surface area contributed by atoms with Crippen molar-refractivity contribution in [1.82, 2.24) is 15.0 Å². The lowest BCUT2D eigenvalue weighted by molar-refractivity contribution is 0.594. The van der Waals surface area contributed by atoms with E-state index in [-0.39, 0.29) is 5.16 Å². The predicted molar refractivity (Wildman–Crippen MR) is 76.3 cm³/mol. The average molecular weight is 292 g/mol. The number of fused-ring (bicyclic) bond motifs is 1. The van der Waals surface area contributed by atoms with E-state index in [2.05, 4.69) is 20.3 Å². The average Bonchev–Trinajstić information content (AvgIpc) is 2.90. The number of hydrogen-bond acceptors (Lipinski definition) is 6. The van der Waals surface area contributed by atoms with Gasteiger partial charge in [-0.05, 0) is 18.9 Å². The highest BCUT2D eigenvalue weighted by atomic mass is 32.2. The molecule has 0 unspecified atom stereocenters. The normalized spacial score (nSPS) is 16.6. The number of hydrogen-bond donors (Lipinski definition) is 1. The van der Waals surface area contributed by atoms with Crippen molar-refractivity contribution in [3.05, 3.63) is 18.5 Å². The van der Waals surface area contributed by atoms with Crippen molar-refractivity contribution < 1.29 is 8.42 Å². The molecule has 2 aromatic heterocycles. The highest BCUT2D eigenvalue weighted by molar-refractivity contribution is 7.90. The Bertz CT molecular complexity index is 739. The second-order valence-corrected chi connectivity index (χ2v) is 7.06. The molecule has 0 amide bonds. The first-order chi connectivity index (χ1) is 9.54. The zero-order chi connectivity index (χ0) is 14.2. The van der Waals surface area contributed by atoms with Crippen LogP contribution in [0.3, 0.4) is 0 Å². The fraction of sp³-hybridized carbons (Fsp3) is 0.462. The van der Waals surface area contributed by atoms with Crippen LogP contribution in [0.2, 0.25) is 0 Å². The highest BCUT2D eigenvalue weighted by Gasteiger charge is 2.18. The Kier molecular flexibility index (Phi) is 3.29. The molecule has 1 saturated carbocycles. The minimum Gasteiger partial charge on any atom is -0.366 e. The van der Waals surface area contributed by atoms with E-state index in [1.165, 1.54) is 19.0 Å². The Balaban J connectivity index is 2.06. The van der Waals surface area contributed by atoms with E-state index in [9.17, 15) is 8.42 Å². The van der Waals surface area contributed by atoms with Gasteiger partial charge in [-0.1, -0.05) is 12.8 Å². The lowest BCUT2D eigenvalue weighted by atomic mass is 10.2. The van der Waals surface area contributed by atoms with E-state index >= 15 is 0 Å². The molecule has 3 rings (SSSR count). The summed E-state index contributed by atoms with van der Waals surface area (Å²) in [6, 6.07) is 2.17. The summed E-state index contributed by atoms with van der Waals surface area (Å²) in [5, 5.41) is 3.99. The van der Waals surface area contributed by atoms with Gasteiger partial charge in [-0.25, -0.2) is 23.4 Å². The van der Waals surface area contributed by atoms with Crippen LogP contribution in [-0.4, -0.2) is 35.7 Å². The number of aromatic nitrogens is 3. The predicted octanol–water partition coefficient (Wildman–Crippen LogP) is 1.78. The molecule has 0 saturated heterocycles. The molecule has 0 atom stereocenters. The van der Waals surface area contributed by atoms with Crippen molar-refractivity contribution >= 4 is 26.6 Å². The van der Waals surface area contributed by atoms with E-state index in [1.807, 2.05) is 0 Å². The third-order valence-electron chi connectivity index (χ3n) is 3.50. The van der Waals surface area contributed by atoms with Crippen LogP contribution in [0.15, 0.2) is 23.6 Å². The zero-order valence-electron chi connectivity index (χ0n) is 11.2. The number of pyridine rings is 1.